The number of rotatable bonds is 4. The van der Waals surface area contributed by atoms with E-state index in [2.05, 4.69) is 25.3 Å². The van der Waals surface area contributed by atoms with Crippen LogP contribution in [0.5, 0.6) is 23.5 Å². The van der Waals surface area contributed by atoms with Crippen LogP contribution in [0.1, 0.15) is 0 Å². The van der Waals surface area contributed by atoms with Crippen LogP contribution >= 0.6 is 25.3 Å². The van der Waals surface area contributed by atoms with Gasteiger partial charge in [0.15, 0.2) is 33.8 Å². The van der Waals surface area contributed by atoms with Gasteiger partial charge in [0.05, 0.1) is 0 Å². The number of aromatic nitrogens is 2. The van der Waals surface area contributed by atoms with Gasteiger partial charge in [0.2, 0.25) is 0 Å². The number of hydrogen-bond donors (Lipinski definition) is 7. The number of aromatic hydroxyl groups is 4. The molecule has 1 unspecified atom stereocenters. The van der Waals surface area contributed by atoms with E-state index in [9.17, 15) is 30.3 Å². The molecule has 10 heteroatoms. The molecule has 2 heterocycles. The maximum atomic E-state index is 11.3. The van der Waals surface area contributed by atoms with Crippen LogP contribution in [0.4, 0.5) is 0 Å². The smallest absolute Gasteiger partial charge is 0.321 e. The Bertz CT molecular complexity index is 610. The number of thiol groups is 2. The van der Waals surface area contributed by atoms with E-state index in [-0.39, 0.29) is 0 Å². The van der Waals surface area contributed by atoms with Crippen molar-refractivity contribution in [2.75, 3.05) is 0 Å². The van der Waals surface area contributed by atoms with Crippen LogP contribution in [0.25, 0.3) is 0 Å². The third kappa shape index (κ3) is 2.16. The number of hydrogen-bond acceptors (Lipinski definition) is 7. The largest absolute Gasteiger partial charge is 0.494 e. The quantitative estimate of drug-likeness (QED) is 0.411. The highest BCUT2D eigenvalue weighted by Crippen LogP contribution is 2.44. The summed E-state index contributed by atoms with van der Waals surface area (Å²) >= 11 is 8.08. The molecule has 114 valence electrons. The predicted molar refractivity (Wildman–Crippen MR) is 78.3 cm³/mol. The molecule has 0 aliphatic rings. The van der Waals surface area contributed by atoms with E-state index in [4.69, 9.17) is 0 Å². The number of carboxylic acid groups (broad SMARTS) is 1. The molecular formula is C11H12N2O6S2. The van der Waals surface area contributed by atoms with Crippen LogP contribution in [0, 0.1) is 0 Å². The van der Waals surface area contributed by atoms with Crippen molar-refractivity contribution in [1.29, 1.82) is 0 Å². The maximum Gasteiger partial charge on any atom is 0.321 e. The first kappa shape index (κ1) is 15.3. The Balaban J connectivity index is 2.82. The molecule has 0 aliphatic carbocycles. The Morgan fingerprint density at radius 2 is 1.24 bits per heavy atom. The minimum absolute atomic E-state index is 0.532. The normalized spacial score (nSPS) is 13.2. The molecule has 0 bridgehead atoms. The average Bonchev–Trinajstić information content (AvgIpc) is 2.91. The highest BCUT2D eigenvalue weighted by Gasteiger charge is 2.46. The Morgan fingerprint density at radius 3 is 1.48 bits per heavy atom. The maximum absolute atomic E-state index is 11.3. The molecule has 2 rings (SSSR count). The molecule has 0 spiro atoms. The van der Waals surface area contributed by atoms with Crippen molar-refractivity contribution in [3.8, 4) is 23.5 Å². The highest BCUT2D eigenvalue weighted by atomic mass is 32.1. The van der Waals surface area contributed by atoms with E-state index in [1.54, 1.807) is 0 Å². The molecule has 0 fully saturated rings. The second-order valence-electron chi connectivity index (χ2n) is 4.20. The molecule has 2 aromatic rings. The molecule has 2 aromatic heterocycles. The number of carbonyl (C=O) groups is 1. The molecule has 1 atom stereocenters. The molecule has 0 radical (unpaired) electrons. The van der Waals surface area contributed by atoms with Crippen LogP contribution in [-0.4, -0.2) is 45.9 Å². The topological polar surface area (TPSA) is 128 Å². The first-order valence-corrected chi connectivity index (χ1v) is 6.51. The van der Waals surface area contributed by atoms with E-state index in [1.807, 2.05) is 0 Å². The van der Waals surface area contributed by atoms with Gasteiger partial charge in [-0.15, -0.1) is 12.6 Å². The zero-order valence-electron chi connectivity index (χ0n) is 10.3. The first-order valence-electron chi connectivity index (χ1n) is 5.54. The van der Waals surface area contributed by atoms with E-state index < -0.39 is 39.7 Å². The van der Waals surface area contributed by atoms with Gasteiger partial charge in [-0.2, -0.15) is 12.6 Å². The fraction of sp³-hybridized carbons (Fsp3) is 0.182. The second kappa shape index (κ2) is 5.04. The van der Waals surface area contributed by atoms with Crippen LogP contribution < -0.4 is 0 Å². The third-order valence-corrected chi connectivity index (χ3v) is 4.38. The lowest BCUT2D eigenvalue weighted by atomic mass is 10.3. The molecule has 0 saturated heterocycles. The van der Waals surface area contributed by atoms with Gasteiger partial charge in [-0.25, -0.2) is 9.13 Å². The third-order valence-electron chi connectivity index (χ3n) is 2.94. The summed E-state index contributed by atoms with van der Waals surface area (Å²) in [7, 11) is 0. The lowest BCUT2D eigenvalue weighted by Crippen LogP contribution is -2.47. The minimum Gasteiger partial charge on any atom is -0.494 e. The van der Waals surface area contributed by atoms with Gasteiger partial charge in [-0.3, -0.25) is 4.79 Å². The zero-order chi connectivity index (χ0) is 15.9. The van der Waals surface area contributed by atoms with E-state index in [1.165, 1.54) is 0 Å². The van der Waals surface area contributed by atoms with Gasteiger partial charge >= 0.3 is 5.97 Å². The van der Waals surface area contributed by atoms with Crippen LogP contribution in [0.2, 0.25) is 0 Å². The van der Waals surface area contributed by atoms with Crippen molar-refractivity contribution in [2.45, 2.75) is 10.2 Å². The standard InChI is InChI=1S/C11H12N2O6S2/c14-5-1-2-6(15)12(5)11(21,9(20)10(18)19)13-7(16)3-4-8(13)17/h1-4,9,14-17,20-21H,(H,18,19). The van der Waals surface area contributed by atoms with Gasteiger partial charge in [0, 0.05) is 24.3 Å². The summed E-state index contributed by atoms with van der Waals surface area (Å²) in [6.45, 7) is 0. The van der Waals surface area contributed by atoms with E-state index in [0.29, 0.717) is 9.13 Å². The fourth-order valence-corrected chi connectivity index (χ4v) is 2.77. The predicted octanol–water partition coefficient (Wildman–Crippen LogP) is 0.583. The molecule has 0 aromatic carbocycles. The van der Waals surface area contributed by atoms with Gasteiger partial charge in [0.1, 0.15) is 0 Å². The summed E-state index contributed by atoms with van der Waals surface area (Å²) in [4.78, 5) is 9.18. The highest BCUT2D eigenvalue weighted by molar-refractivity contribution is 7.85. The molecule has 0 amide bonds. The molecule has 21 heavy (non-hydrogen) atoms. The molecule has 8 nitrogen and oxygen atoms in total. The molecule has 0 aliphatic heterocycles. The Morgan fingerprint density at radius 1 is 0.952 bits per heavy atom. The molecule has 0 saturated carbocycles. The van der Waals surface area contributed by atoms with Crippen molar-refractivity contribution in [1.82, 2.24) is 9.13 Å². The van der Waals surface area contributed by atoms with Gasteiger partial charge < -0.3 is 25.5 Å². The SMILES string of the molecule is O=C(O)C(S)C(S)(n1c(O)ccc1O)n1c(O)ccc1O. The fourth-order valence-electron chi connectivity index (χ4n) is 2.02. The van der Waals surface area contributed by atoms with E-state index in [0.717, 1.165) is 24.3 Å². The first-order chi connectivity index (χ1) is 9.71. The van der Waals surface area contributed by atoms with Crippen LogP contribution in [0.3, 0.4) is 0 Å². The summed E-state index contributed by atoms with van der Waals surface area (Å²) < 4.78 is 1.42. The van der Waals surface area contributed by atoms with Crippen LogP contribution in [0.15, 0.2) is 24.3 Å². The van der Waals surface area contributed by atoms with Gasteiger partial charge in [0.25, 0.3) is 0 Å². The lowest BCUT2D eigenvalue weighted by molar-refractivity contribution is -0.137. The van der Waals surface area contributed by atoms with Crippen LogP contribution in [-0.2, 0) is 9.79 Å². The summed E-state index contributed by atoms with van der Waals surface area (Å²) in [5.74, 6) is -3.58. The van der Waals surface area contributed by atoms with Crippen molar-refractivity contribution < 1.29 is 30.3 Å². The summed E-state index contributed by atoms with van der Waals surface area (Å²) in [5.41, 5.74) is 0. The second-order valence-corrected chi connectivity index (χ2v) is 5.37. The van der Waals surface area contributed by atoms with E-state index >= 15 is 0 Å². The van der Waals surface area contributed by atoms with Crippen molar-refractivity contribution in [3.63, 3.8) is 0 Å². The lowest BCUT2D eigenvalue weighted by Gasteiger charge is -2.36. The average molecular weight is 332 g/mol. The monoisotopic (exact) mass is 332 g/mol. The summed E-state index contributed by atoms with van der Waals surface area (Å²) in [6.07, 6.45) is 0. The zero-order valence-corrected chi connectivity index (χ0v) is 12.1. The number of nitrogens with zero attached hydrogens (tertiary/aromatic N) is 2. The van der Waals surface area contributed by atoms with Crippen molar-refractivity contribution in [3.05, 3.63) is 24.3 Å². The Labute approximate surface area is 129 Å². The molecular weight excluding hydrogens is 320 g/mol. The minimum atomic E-state index is -2.12. The number of carboxylic acids is 1. The Hall–Kier alpha value is -2.07. The van der Waals surface area contributed by atoms with Gasteiger partial charge in [-0.05, 0) is 0 Å². The Kier molecular flexibility index (Phi) is 3.68. The number of aliphatic carboxylic acids is 1. The molecule has 5 N–H and O–H groups in total. The van der Waals surface area contributed by atoms with Gasteiger partial charge in [-0.1, -0.05) is 0 Å². The van der Waals surface area contributed by atoms with Crippen molar-refractivity contribution >= 4 is 31.2 Å². The van der Waals surface area contributed by atoms with Crippen molar-refractivity contribution in [2.24, 2.45) is 0 Å². The summed E-state index contributed by atoms with van der Waals surface area (Å²) in [5, 5.41) is 46.9. The summed E-state index contributed by atoms with van der Waals surface area (Å²) in [6, 6.07) is 4.39.